The van der Waals surface area contributed by atoms with Crippen molar-refractivity contribution in [1.82, 2.24) is 4.57 Å². The molecule has 0 aliphatic rings. The highest BCUT2D eigenvalue weighted by atomic mass is 15.1. The van der Waals surface area contributed by atoms with Gasteiger partial charge in [0.1, 0.15) is 12.4 Å². The molecule has 0 aromatic carbocycles. The van der Waals surface area contributed by atoms with Crippen LogP contribution in [-0.4, -0.2) is 4.57 Å². The Balaban J connectivity index is 2.21. The Hall–Kier alpha value is -1.05. The van der Waals surface area contributed by atoms with E-state index in [1.165, 1.54) is 295 Å². The third kappa shape index (κ3) is 35.8. The number of unbranched alkanes of at least 4 members (excludes halogenated alkanes) is 40. The molecule has 2 heteroatoms. The Morgan fingerprint density at radius 1 is 0.364 bits per heavy atom. The zero-order valence-corrected chi connectivity index (χ0v) is 38.5. The molecule has 0 aliphatic carbocycles. The minimum absolute atomic E-state index is 1.18. The van der Waals surface area contributed by atoms with Crippen LogP contribution in [0, 0.1) is 0 Å². The highest BCUT2D eigenvalue weighted by molar-refractivity contribution is 5.37. The summed E-state index contributed by atoms with van der Waals surface area (Å²) in [6.07, 6.45) is 71.3. The van der Waals surface area contributed by atoms with Crippen molar-refractivity contribution in [1.29, 1.82) is 0 Å². The predicted molar refractivity (Wildman–Crippen MR) is 249 cm³/mol. The first-order valence-electron chi connectivity index (χ1n) is 26.1. The summed E-state index contributed by atoms with van der Waals surface area (Å²) in [6.45, 7) is 9.31. The molecule has 0 fully saturated rings. The Bertz CT molecular complexity index is 883. The van der Waals surface area contributed by atoms with Crippen molar-refractivity contribution in [2.45, 2.75) is 310 Å². The quantitative estimate of drug-likeness (QED) is 0.0461. The molecule has 0 saturated heterocycles. The molecule has 0 unspecified atom stereocenters. The number of nitrogens with zero attached hydrogens (tertiary/aromatic N) is 2. The molecular formula is C53H103N2+. The van der Waals surface area contributed by atoms with Crippen LogP contribution in [0.5, 0.6) is 0 Å². The Morgan fingerprint density at radius 2 is 0.655 bits per heavy atom. The lowest BCUT2D eigenvalue weighted by molar-refractivity contribution is -0.698. The number of hydrogen-bond acceptors (Lipinski definition) is 0. The second kappa shape index (κ2) is 44.1. The van der Waals surface area contributed by atoms with Crippen molar-refractivity contribution >= 4 is 6.08 Å². The van der Waals surface area contributed by atoms with Crippen LogP contribution in [0.3, 0.4) is 0 Å². The number of imidazole rings is 1. The van der Waals surface area contributed by atoms with Crippen molar-refractivity contribution in [3.05, 3.63) is 24.3 Å². The molecule has 1 heterocycles. The van der Waals surface area contributed by atoms with Gasteiger partial charge >= 0.3 is 0 Å². The Labute approximate surface area is 348 Å². The van der Waals surface area contributed by atoms with Gasteiger partial charge in [0.15, 0.2) is 0 Å². The topological polar surface area (TPSA) is 8.81 Å². The summed E-state index contributed by atoms with van der Waals surface area (Å²) in [7, 11) is 0. The summed E-state index contributed by atoms with van der Waals surface area (Å²) in [6, 6.07) is 0. The lowest BCUT2D eigenvalue weighted by Gasteiger charge is -2.05. The molecule has 0 radical (unpaired) electrons. The molecule has 1 rings (SSSR count). The van der Waals surface area contributed by atoms with Gasteiger partial charge in [0, 0.05) is 6.08 Å². The highest BCUT2D eigenvalue weighted by Gasteiger charge is 2.14. The standard InChI is InChI=1S/C53H103N2/c1-4-7-10-13-16-19-21-23-25-27-29-31-33-35-37-39-42-45-48-53-54(49-46-43-40-18-15-12-9-6-3)51-52-55(53)50-47-44-41-38-36-34-32-30-28-26-24-22-20-17-14-11-8-5-2/h45,48,51-52H,4-44,46-47,49-50H2,1-3H3/q+1. The van der Waals surface area contributed by atoms with Crippen LogP contribution in [0.2, 0.25) is 0 Å². The minimum Gasteiger partial charge on any atom is -0.231 e. The largest absolute Gasteiger partial charge is 0.281 e. The van der Waals surface area contributed by atoms with E-state index in [0.717, 1.165) is 0 Å². The van der Waals surface area contributed by atoms with Crippen LogP contribution in [0.4, 0.5) is 0 Å². The second-order valence-corrected chi connectivity index (χ2v) is 18.0. The number of rotatable bonds is 46. The van der Waals surface area contributed by atoms with Crippen LogP contribution in [0.25, 0.3) is 6.08 Å². The Morgan fingerprint density at radius 3 is 1.00 bits per heavy atom. The van der Waals surface area contributed by atoms with Gasteiger partial charge in [0.05, 0.1) is 13.1 Å². The van der Waals surface area contributed by atoms with E-state index in [1.54, 1.807) is 0 Å². The second-order valence-electron chi connectivity index (χ2n) is 18.0. The first-order chi connectivity index (χ1) is 27.3. The van der Waals surface area contributed by atoms with E-state index in [0.29, 0.717) is 0 Å². The van der Waals surface area contributed by atoms with E-state index in [1.807, 2.05) is 0 Å². The van der Waals surface area contributed by atoms with Crippen molar-refractivity contribution in [3.63, 3.8) is 0 Å². The van der Waals surface area contributed by atoms with E-state index in [4.69, 9.17) is 0 Å². The third-order valence-corrected chi connectivity index (χ3v) is 12.5. The lowest BCUT2D eigenvalue weighted by Crippen LogP contribution is -2.35. The van der Waals surface area contributed by atoms with Gasteiger partial charge < -0.3 is 0 Å². The van der Waals surface area contributed by atoms with E-state index >= 15 is 0 Å². The molecule has 1 aromatic rings. The molecule has 55 heavy (non-hydrogen) atoms. The maximum absolute atomic E-state index is 2.57. The fourth-order valence-corrected chi connectivity index (χ4v) is 8.65. The summed E-state index contributed by atoms with van der Waals surface area (Å²) < 4.78 is 5.14. The summed E-state index contributed by atoms with van der Waals surface area (Å²) in [5, 5.41) is 0. The molecule has 0 bridgehead atoms. The molecule has 0 N–H and O–H groups in total. The maximum Gasteiger partial charge on any atom is 0.281 e. The summed E-state index contributed by atoms with van der Waals surface area (Å²) in [5.41, 5.74) is 0. The van der Waals surface area contributed by atoms with Gasteiger partial charge in [-0.2, -0.15) is 0 Å². The lowest BCUT2D eigenvalue weighted by atomic mass is 10.0. The molecular weight excluding hydrogens is 665 g/mol. The third-order valence-electron chi connectivity index (χ3n) is 12.5. The normalized spacial score (nSPS) is 11.8. The van der Waals surface area contributed by atoms with Gasteiger partial charge in [-0.05, 0) is 38.5 Å². The fraction of sp³-hybridized carbons (Fsp3) is 0.906. The van der Waals surface area contributed by atoms with Gasteiger partial charge in [-0.3, -0.25) is 0 Å². The van der Waals surface area contributed by atoms with Crippen LogP contribution < -0.4 is 4.57 Å². The zero-order valence-electron chi connectivity index (χ0n) is 38.5. The van der Waals surface area contributed by atoms with Crippen LogP contribution in [0.15, 0.2) is 18.5 Å². The van der Waals surface area contributed by atoms with Crippen molar-refractivity contribution in [2.75, 3.05) is 0 Å². The van der Waals surface area contributed by atoms with Gasteiger partial charge in [-0.1, -0.05) is 264 Å². The van der Waals surface area contributed by atoms with E-state index in [2.05, 4.69) is 54.5 Å². The predicted octanol–water partition coefficient (Wildman–Crippen LogP) is 18.6. The molecule has 1 aromatic heterocycles. The van der Waals surface area contributed by atoms with Gasteiger partial charge in [0.2, 0.25) is 0 Å². The van der Waals surface area contributed by atoms with E-state index in [-0.39, 0.29) is 0 Å². The molecule has 0 spiro atoms. The number of hydrogen-bond donors (Lipinski definition) is 0. The molecule has 324 valence electrons. The molecule has 0 aliphatic heterocycles. The van der Waals surface area contributed by atoms with E-state index < -0.39 is 0 Å². The van der Waals surface area contributed by atoms with Crippen LogP contribution >= 0.6 is 0 Å². The van der Waals surface area contributed by atoms with Crippen molar-refractivity contribution in [2.24, 2.45) is 0 Å². The maximum atomic E-state index is 2.57. The first-order valence-corrected chi connectivity index (χ1v) is 26.1. The van der Waals surface area contributed by atoms with Crippen LogP contribution in [-0.2, 0) is 13.1 Å². The summed E-state index contributed by atoms with van der Waals surface area (Å²) >= 11 is 0. The summed E-state index contributed by atoms with van der Waals surface area (Å²) in [4.78, 5) is 0. The highest BCUT2D eigenvalue weighted by Crippen LogP contribution is 2.17. The molecule has 2 nitrogen and oxygen atoms in total. The molecule has 0 atom stereocenters. The average Bonchev–Trinajstić information content (AvgIpc) is 3.58. The average molecular weight is 768 g/mol. The van der Waals surface area contributed by atoms with Crippen LogP contribution in [0.1, 0.15) is 303 Å². The first kappa shape index (κ1) is 52.0. The summed E-state index contributed by atoms with van der Waals surface area (Å²) in [5.74, 6) is 1.45. The number of aromatic nitrogens is 2. The number of allylic oxidation sites excluding steroid dienone is 1. The molecule has 0 saturated carbocycles. The fourth-order valence-electron chi connectivity index (χ4n) is 8.65. The van der Waals surface area contributed by atoms with Crippen molar-refractivity contribution in [3.8, 4) is 0 Å². The van der Waals surface area contributed by atoms with Gasteiger partial charge in [-0.25, -0.2) is 9.13 Å². The number of aryl methyl sites for hydroxylation is 2. The van der Waals surface area contributed by atoms with Gasteiger partial charge in [-0.15, -0.1) is 0 Å². The smallest absolute Gasteiger partial charge is 0.231 e. The van der Waals surface area contributed by atoms with Crippen molar-refractivity contribution < 1.29 is 4.57 Å². The Kier molecular flexibility index (Phi) is 41.6. The SMILES string of the molecule is CCCCCCCCCCCCCCCCCCC=Cc1n(CCCCCCCCCC)cc[n+]1CCCCCCCCCCCCCCCCCCCC. The minimum atomic E-state index is 1.18. The monoisotopic (exact) mass is 768 g/mol. The zero-order chi connectivity index (χ0) is 39.4. The molecule has 0 amide bonds. The van der Waals surface area contributed by atoms with E-state index in [9.17, 15) is 0 Å². The van der Waals surface area contributed by atoms with Gasteiger partial charge in [0.25, 0.3) is 5.82 Å².